The van der Waals surface area contributed by atoms with Crippen LogP contribution in [0.25, 0.3) is 0 Å². The van der Waals surface area contributed by atoms with Crippen LogP contribution in [0.1, 0.15) is 56.6 Å². The van der Waals surface area contributed by atoms with Gasteiger partial charge in [-0.2, -0.15) is 0 Å². The molecule has 0 amide bonds. The number of anilines is 2. The molecule has 1 aromatic heterocycles. The van der Waals surface area contributed by atoms with Gasteiger partial charge in [-0.1, -0.05) is 26.0 Å². The van der Waals surface area contributed by atoms with Gasteiger partial charge >= 0.3 is 5.97 Å². The van der Waals surface area contributed by atoms with Crippen LogP contribution in [0, 0.1) is 5.92 Å². The second-order valence-electron chi connectivity index (χ2n) is 8.61. The zero-order valence-corrected chi connectivity index (χ0v) is 19.7. The van der Waals surface area contributed by atoms with Crippen molar-refractivity contribution in [1.29, 1.82) is 0 Å². The molecule has 1 saturated carbocycles. The Hall–Kier alpha value is -2.69. The van der Waals surface area contributed by atoms with Gasteiger partial charge < -0.3 is 26.0 Å². The number of carbonyl (C=O) groups excluding carboxylic acids is 1. The Kier molecular flexibility index (Phi) is 8.65. The van der Waals surface area contributed by atoms with Crippen molar-refractivity contribution in [3.63, 3.8) is 0 Å². The van der Waals surface area contributed by atoms with Crippen LogP contribution in [0.5, 0.6) is 0 Å². The second-order valence-corrected chi connectivity index (χ2v) is 9.43. The van der Waals surface area contributed by atoms with Crippen molar-refractivity contribution in [2.45, 2.75) is 57.7 Å². The third-order valence-electron chi connectivity index (χ3n) is 5.71. The number of aliphatic imine (C=N–C) groups is 1. The minimum absolute atomic E-state index is 0.000882. The summed E-state index contributed by atoms with van der Waals surface area (Å²) in [5, 5.41) is 22.1. The monoisotopic (exact) mass is 476 g/mol. The van der Waals surface area contributed by atoms with Crippen LogP contribution >= 0.6 is 11.5 Å². The molecule has 3 rings (SSSR count). The Balaban J connectivity index is 1.61. The predicted octanol–water partition coefficient (Wildman–Crippen LogP) is 2.46. The fourth-order valence-corrected chi connectivity index (χ4v) is 4.51. The number of benzene rings is 1. The third kappa shape index (κ3) is 6.66. The largest absolute Gasteiger partial charge is 0.462 e. The molecular formula is C23H32N4O5S. The summed E-state index contributed by atoms with van der Waals surface area (Å²) < 4.78 is 8.21. The van der Waals surface area contributed by atoms with Gasteiger partial charge in [-0.3, -0.25) is 19.0 Å². The molecular weight excluding hydrogens is 444 g/mol. The molecule has 9 nitrogen and oxygen atoms in total. The first-order chi connectivity index (χ1) is 15.8. The smallest absolute Gasteiger partial charge is 0.308 e. The third-order valence-corrected chi connectivity index (χ3v) is 6.51. The maximum absolute atomic E-state index is 12.2. The molecule has 1 fully saturated rings. The molecule has 0 radical (unpaired) electrons. The maximum Gasteiger partial charge on any atom is 0.308 e. The zero-order chi connectivity index (χ0) is 24.0. The number of rotatable bonds is 9. The number of aromatic nitrogens is 1. The van der Waals surface area contributed by atoms with Crippen molar-refractivity contribution in [1.82, 2.24) is 4.37 Å². The molecule has 10 heteroatoms. The average Bonchev–Trinajstić information content (AvgIpc) is 3.18. The Bertz CT molecular complexity index is 1010. The van der Waals surface area contributed by atoms with Gasteiger partial charge in [0.25, 0.3) is 5.56 Å². The van der Waals surface area contributed by atoms with Gasteiger partial charge in [0.1, 0.15) is 22.5 Å². The van der Waals surface area contributed by atoms with Crippen LogP contribution < -0.4 is 16.6 Å². The SMILES string of the molecule is CC(C)C(=O)OC1CCC(c2ccc(Nc3s[nH]c(=O)c3C(N)=NCC(O)CO)cc2)CC1. The lowest BCUT2D eigenvalue weighted by molar-refractivity contribution is -0.154. The maximum atomic E-state index is 12.2. The molecule has 6 N–H and O–H groups in total. The van der Waals surface area contributed by atoms with E-state index in [2.05, 4.69) is 26.8 Å². The highest BCUT2D eigenvalue weighted by Crippen LogP contribution is 2.35. The number of H-pyrrole nitrogens is 1. The molecule has 0 saturated heterocycles. The van der Waals surface area contributed by atoms with Crippen LogP contribution in [0.15, 0.2) is 34.1 Å². The van der Waals surface area contributed by atoms with Crippen molar-refractivity contribution < 1.29 is 19.7 Å². The molecule has 0 aliphatic heterocycles. The first kappa shape index (κ1) is 24.9. The highest BCUT2D eigenvalue weighted by Gasteiger charge is 2.25. The van der Waals surface area contributed by atoms with E-state index in [9.17, 15) is 14.7 Å². The van der Waals surface area contributed by atoms with E-state index >= 15 is 0 Å². The van der Waals surface area contributed by atoms with E-state index in [4.69, 9.17) is 15.6 Å². The van der Waals surface area contributed by atoms with Crippen molar-refractivity contribution in [2.75, 3.05) is 18.5 Å². The standard InChI is InChI=1S/C23H32N4O5S/c1-13(2)23(31)32-18-9-5-15(6-10-18)14-3-7-16(8-4-14)26-22-19(21(30)27-33-22)20(24)25-11-17(29)12-28/h3-4,7-8,13,15,17-18,26,28-29H,5-6,9-12H2,1-2H3,(H2,24,25)(H,27,30). The number of esters is 1. The lowest BCUT2D eigenvalue weighted by atomic mass is 9.82. The number of carbonyl (C=O) groups is 1. The molecule has 1 aromatic carbocycles. The van der Waals surface area contributed by atoms with Crippen molar-refractivity contribution >= 4 is 34.0 Å². The summed E-state index contributed by atoms with van der Waals surface area (Å²) in [4.78, 5) is 28.0. The number of aliphatic hydroxyl groups is 2. The number of amidine groups is 1. The predicted molar refractivity (Wildman–Crippen MR) is 129 cm³/mol. The van der Waals surface area contributed by atoms with E-state index in [1.807, 2.05) is 26.0 Å². The van der Waals surface area contributed by atoms with E-state index in [0.717, 1.165) is 42.9 Å². The average molecular weight is 477 g/mol. The van der Waals surface area contributed by atoms with Crippen LogP contribution in [0.3, 0.4) is 0 Å². The summed E-state index contributed by atoms with van der Waals surface area (Å²) in [6, 6.07) is 8.04. The zero-order valence-electron chi connectivity index (χ0n) is 18.9. The van der Waals surface area contributed by atoms with Gasteiger partial charge in [-0.25, -0.2) is 0 Å². The number of aromatic amines is 1. The van der Waals surface area contributed by atoms with E-state index in [1.54, 1.807) is 0 Å². The highest BCUT2D eigenvalue weighted by molar-refractivity contribution is 7.10. The summed E-state index contributed by atoms with van der Waals surface area (Å²) in [5.74, 6) is 0.193. The van der Waals surface area contributed by atoms with Gasteiger partial charge in [0.15, 0.2) is 0 Å². The molecule has 180 valence electrons. The van der Waals surface area contributed by atoms with Crippen molar-refractivity contribution in [3.05, 3.63) is 45.7 Å². The lowest BCUT2D eigenvalue weighted by Crippen LogP contribution is -2.25. The van der Waals surface area contributed by atoms with Gasteiger partial charge in [-0.05, 0) is 60.8 Å². The fraction of sp³-hybridized carbons (Fsp3) is 0.522. The minimum atomic E-state index is -1.03. The molecule has 1 aliphatic rings. The molecule has 33 heavy (non-hydrogen) atoms. The Morgan fingerprint density at radius 3 is 2.55 bits per heavy atom. The number of nitrogens with zero attached hydrogens (tertiary/aromatic N) is 1. The first-order valence-electron chi connectivity index (χ1n) is 11.2. The molecule has 2 aromatic rings. The van der Waals surface area contributed by atoms with E-state index in [1.165, 1.54) is 5.56 Å². The minimum Gasteiger partial charge on any atom is -0.462 e. The summed E-state index contributed by atoms with van der Waals surface area (Å²) >= 11 is 1.12. The summed E-state index contributed by atoms with van der Waals surface area (Å²) in [7, 11) is 0. The summed E-state index contributed by atoms with van der Waals surface area (Å²) in [6.07, 6.45) is 2.67. The first-order valence-corrected chi connectivity index (χ1v) is 12.0. The van der Waals surface area contributed by atoms with Crippen LogP contribution in [-0.4, -0.2) is 51.8 Å². The van der Waals surface area contributed by atoms with Gasteiger partial charge in [0.2, 0.25) is 0 Å². The summed E-state index contributed by atoms with van der Waals surface area (Å²) in [6.45, 7) is 3.17. The number of nitrogens with two attached hydrogens (primary N) is 1. The van der Waals surface area contributed by atoms with Crippen LogP contribution in [-0.2, 0) is 9.53 Å². The van der Waals surface area contributed by atoms with Crippen LogP contribution in [0.2, 0.25) is 0 Å². The van der Waals surface area contributed by atoms with Gasteiger partial charge in [0, 0.05) is 5.69 Å². The topological polar surface area (TPSA) is 150 Å². The van der Waals surface area contributed by atoms with Crippen molar-refractivity contribution in [3.8, 4) is 0 Å². The Labute approximate surface area is 196 Å². The second kappa shape index (κ2) is 11.4. The van der Waals surface area contributed by atoms with E-state index in [0.29, 0.717) is 10.9 Å². The number of hydrogen-bond donors (Lipinski definition) is 5. The molecule has 1 atom stereocenters. The molecule has 0 spiro atoms. The Morgan fingerprint density at radius 1 is 1.27 bits per heavy atom. The van der Waals surface area contributed by atoms with Crippen LogP contribution in [0.4, 0.5) is 10.7 Å². The quantitative estimate of drug-likeness (QED) is 0.212. The molecule has 1 unspecified atom stereocenters. The van der Waals surface area contributed by atoms with E-state index in [-0.39, 0.29) is 41.5 Å². The highest BCUT2D eigenvalue weighted by atomic mass is 32.1. The fourth-order valence-electron chi connectivity index (χ4n) is 3.75. The Morgan fingerprint density at radius 2 is 1.94 bits per heavy atom. The van der Waals surface area contributed by atoms with Gasteiger partial charge in [-0.15, -0.1) is 0 Å². The molecule has 1 heterocycles. The number of hydrogen-bond acceptors (Lipinski definition) is 8. The normalized spacial score (nSPS) is 20.0. The van der Waals surface area contributed by atoms with Crippen molar-refractivity contribution in [2.24, 2.45) is 16.6 Å². The molecule has 0 bridgehead atoms. The summed E-state index contributed by atoms with van der Waals surface area (Å²) in [5.41, 5.74) is 7.83. The number of ether oxygens (including phenoxy) is 1. The van der Waals surface area contributed by atoms with E-state index < -0.39 is 12.7 Å². The number of aliphatic hydroxyl groups excluding tert-OH is 2. The van der Waals surface area contributed by atoms with Gasteiger partial charge in [0.05, 0.1) is 25.2 Å². The lowest BCUT2D eigenvalue weighted by Gasteiger charge is -2.29. The molecule has 1 aliphatic carbocycles. The number of nitrogens with one attached hydrogen (secondary N) is 2.